The minimum Gasteiger partial charge on any atom is -0.398 e. The van der Waals surface area contributed by atoms with E-state index in [1.165, 1.54) is 6.07 Å². The predicted molar refractivity (Wildman–Crippen MR) is 108 cm³/mol. The molecule has 0 aliphatic heterocycles. The minimum atomic E-state index is -3.99. The molecular weight excluding hydrogens is 360 g/mol. The van der Waals surface area contributed by atoms with Crippen molar-refractivity contribution in [2.24, 2.45) is 5.14 Å². The van der Waals surface area contributed by atoms with Crippen LogP contribution in [0.1, 0.15) is 12.5 Å². The lowest BCUT2D eigenvalue weighted by atomic mass is 9.92. The van der Waals surface area contributed by atoms with Crippen LogP contribution >= 0.6 is 0 Å². The largest absolute Gasteiger partial charge is 0.398 e. The highest BCUT2D eigenvalue weighted by Gasteiger charge is 2.21. The quantitative estimate of drug-likeness (QED) is 0.634. The summed E-state index contributed by atoms with van der Waals surface area (Å²) in [6.45, 7) is 3.03. The van der Waals surface area contributed by atoms with E-state index in [0.29, 0.717) is 18.8 Å². The van der Waals surface area contributed by atoms with E-state index in [9.17, 15) is 8.42 Å². The van der Waals surface area contributed by atoms with Crippen molar-refractivity contribution in [3.63, 3.8) is 0 Å². The van der Waals surface area contributed by atoms with E-state index in [-0.39, 0.29) is 10.6 Å². The van der Waals surface area contributed by atoms with E-state index in [1.807, 2.05) is 55.5 Å². The summed E-state index contributed by atoms with van der Waals surface area (Å²) in [5, 5.41) is 5.45. The van der Waals surface area contributed by atoms with Gasteiger partial charge in [-0.2, -0.15) is 0 Å². The Kier molecular flexibility index (Phi) is 5.60. The van der Waals surface area contributed by atoms with Gasteiger partial charge in [0.2, 0.25) is 10.0 Å². The molecule has 0 radical (unpaired) electrons. The SMILES string of the molecule is CCOCc1ccccc1-c1ccccc1-c1cccc(N)c1S(N)(=O)=O. The van der Waals surface area contributed by atoms with Crippen molar-refractivity contribution >= 4 is 15.7 Å². The highest BCUT2D eigenvalue weighted by Crippen LogP contribution is 2.38. The maximum absolute atomic E-state index is 12.2. The van der Waals surface area contributed by atoms with Gasteiger partial charge < -0.3 is 10.5 Å². The Labute approximate surface area is 159 Å². The molecule has 0 bridgehead atoms. The van der Waals surface area contributed by atoms with Crippen LogP contribution in [0.4, 0.5) is 5.69 Å². The van der Waals surface area contributed by atoms with E-state index in [0.717, 1.165) is 22.3 Å². The first-order chi connectivity index (χ1) is 12.9. The standard InChI is InChI=1S/C21H22N2O3S/c1-2-26-14-15-8-3-4-9-16(15)17-10-5-6-11-18(17)19-12-7-13-20(22)21(19)27(23,24)25/h3-13H,2,14,22H2,1H3,(H2,23,24,25). The normalized spacial score (nSPS) is 11.5. The Bertz CT molecular complexity index is 1060. The maximum atomic E-state index is 12.2. The van der Waals surface area contributed by atoms with Crippen LogP contribution in [0.15, 0.2) is 71.6 Å². The lowest BCUT2D eigenvalue weighted by molar-refractivity contribution is 0.134. The van der Waals surface area contributed by atoms with Gasteiger partial charge in [0.05, 0.1) is 12.3 Å². The van der Waals surface area contributed by atoms with Gasteiger partial charge in [0, 0.05) is 12.2 Å². The highest BCUT2D eigenvalue weighted by atomic mass is 32.2. The second-order valence-corrected chi connectivity index (χ2v) is 7.61. The molecule has 4 N–H and O–H groups in total. The van der Waals surface area contributed by atoms with Gasteiger partial charge in [-0.25, -0.2) is 13.6 Å². The van der Waals surface area contributed by atoms with E-state index in [1.54, 1.807) is 12.1 Å². The lowest BCUT2D eigenvalue weighted by Crippen LogP contribution is -2.15. The lowest BCUT2D eigenvalue weighted by Gasteiger charge is -2.17. The number of anilines is 1. The molecule has 6 heteroatoms. The Morgan fingerprint density at radius 1 is 0.815 bits per heavy atom. The van der Waals surface area contributed by atoms with Crippen LogP contribution in [0.5, 0.6) is 0 Å². The third-order valence-corrected chi connectivity index (χ3v) is 5.34. The Balaban J connectivity index is 2.26. The molecule has 0 saturated carbocycles. The highest BCUT2D eigenvalue weighted by molar-refractivity contribution is 7.89. The Hall–Kier alpha value is -2.67. The van der Waals surface area contributed by atoms with E-state index < -0.39 is 10.0 Å². The number of primary sulfonamides is 1. The molecule has 5 nitrogen and oxygen atoms in total. The average molecular weight is 382 g/mol. The Morgan fingerprint density at radius 2 is 1.37 bits per heavy atom. The molecule has 3 rings (SSSR count). The second-order valence-electron chi connectivity index (χ2n) is 6.11. The molecule has 0 fully saturated rings. The van der Waals surface area contributed by atoms with Crippen LogP contribution in [0.3, 0.4) is 0 Å². The van der Waals surface area contributed by atoms with Gasteiger partial charge in [0.15, 0.2) is 0 Å². The molecule has 0 amide bonds. The van der Waals surface area contributed by atoms with Crippen LogP contribution in [-0.4, -0.2) is 15.0 Å². The van der Waals surface area contributed by atoms with Gasteiger partial charge >= 0.3 is 0 Å². The van der Waals surface area contributed by atoms with Crippen molar-refractivity contribution in [2.45, 2.75) is 18.4 Å². The molecule has 0 heterocycles. The third kappa shape index (κ3) is 4.03. The number of rotatable bonds is 6. The first-order valence-electron chi connectivity index (χ1n) is 8.60. The molecule has 0 aliphatic carbocycles. The molecule has 3 aromatic rings. The van der Waals surface area contributed by atoms with E-state index in [2.05, 4.69) is 0 Å². The smallest absolute Gasteiger partial charge is 0.240 e. The number of hydrogen-bond acceptors (Lipinski definition) is 4. The number of sulfonamides is 1. The van der Waals surface area contributed by atoms with Crippen molar-refractivity contribution in [2.75, 3.05) is 12.3 Å². The molecule has 0 spiro atoms. The van der Waals surface area contributed by atoms with Crippen molar-refractivity contribution < 1.29 is 13.2 Å². The molecule has 0 saturated heterocycles. The zero-order chi connectivity index (χ0) is 19.4. The number of ether oxygens (including phenoxy) is 1. The maximum Gasteiger partial charge on any atom is 0.240 e. The van der Waals surface area contributed by atoms with Gasteiger partial charge in [-0.05, 0) is 35.2 Å². The number of nitrogens with two attached hydrogens (primary N) is 2. The van der Waals surface area contributed by atoms with Crippen molar-refractivity contribution in [1.82, 2.24) is 0 Å². The molecule has 3 aromatic carbocycles. The molecule has 0 aromatic heterocycles. The molecule has 27 heavy (non-hydrogen) atoms. The van der Waals surface area contributed by atoms with Crippen LogP contribution in [0.2, 0.25) is 0 Å². The van der Waals surface area contributed by atoms with Gasteiger partial charge in [0.1, 0.15) is 4.90 Å². The van der Waals surface area contributed by atoms with Crippen LogP contribution in [0.25, 0.3) is 22.3 Å². The summed E-state index contributed by atoms with van der Waals surface area (Å²) >= 11 is 0. The zero-order valence-electron chi connectivity index (χ0n) is 15.1. The number of benzene rings is 3. The van der Waals surface area contributed by atoms with Crippen molar-refractivity contribution in [1.29, 1.82) is 0 Å². The van der Waals surface area contributed by atoms with Gasteiger partial charge in [-0.15, -0.1) is 0 Å². The van der Waals surface area contributed by atoms with Gasteiger partial charge in [-0.3, -0.25) is 0 Å². The molecule has 0 unspecified atom stereocenters. The fourth-order valence-electron chi connectivity index (χ4n) is 3.16. The van der Waals surface area contributed by atoms with E-state index in [4.69, 9.17) is 15.6 Å². The van der Waals surface area contributed by atoms with Crippen molar-refractivity contribution in [3.8, 4) is 22.3 Å². The molecular formula is C21H22N2O3S. The average Bonchev–Trinajstić information content (AvgIpc) is 2.65. The predicted octanol–water partition coefficient (Wildman–Crippen LogP) is 3.79. The first kappa shape index (κ1) is 19.1. The first-order valence-corrected chi connectivity index (χ1v) is 10.1. The van der Waals surface area contributed by atoms with Gasteiger partial charge in [0.25, 0.3) is 0 Å². The topological polar surface area (TPSA) is 95.4 Å². The van der Waals surface area contributed by atoms with Crippen LogP contribution in [-0.2, 0) is 21.4 Å². The number of nitrogen functional groups attached to an aromatic ring is 1. The summed E-state index contributed by atoms with van der Waals surface area (Å²) < 4.78 is 30.0. The fraction of sp³-hybridized carbons (Fsp3) is 0.143. The zero-order valence-corrected chi connectivity index (χ0v) is 15.9. The van der Waals surface area contributed by atoms with E-state index >= 15 is 0 Å². The summed E-state index contributed by atoms with van der Waals surface area (Å²) in [7, 11) is -3.99. The monoisotopic (exact) mass is 382 g/mol. The van der Waals surface area contributed by atoms with Crippen LogP contribution < -0.4 is 10.9 Å². The van der Waals surface area contributed by atoms with Crippen LogP contribution in [0, 0.1) is 0 Å². The molecule has 0 aliphatic rings. The second kappa shape index (κ2) is 7.92. The summed E-state index contributed by atoms with van der Waals surface area (Å²) in [6.07, 6.45) is 0. The van der Waals surface area contributed by atoms with Crippen molar-refractivity contribution in [3.05, 3.63) is 72.3 Å². The van der Waals surface area contributed by atoms with Gasteiger partial charge in [-0.1, -0.05) is 60.7 Å². The fourth-order valence-corrected chi connectivity index (χ4v) is 4.04. The molecule has 0 atom stereocenters. The summed E-state index contributed by atoms with van der Waals surface area (Å²) in [5.74, 6) is 0. The third-order valence-electron chi connectivity index (χ3n) is 4.32. The summed E-state index contributed by atoms with van der Waals surface area (Å²) in [6, 6.07) is 20.5. The number of hydrogen-bond donors (Lipinski definition) is 2. The Morgan fingerprint density at radius 3 is 2.00 bits per heavy atom. The molecule has 140 valence electrons. The summed E-state index contributed by atoms with van der Waals surface area (Å²) in [5.41, 5.74) is 10.2. The summed E-state index contributed by atoms with van der Waals surface area (Å²) in [4.78, 5) is -0.0558. The minimum absolute atomic E-state index is 0.0558.